The Morgan fingerprint density at radius 1 is 1.39 bits per heavy atom. The maximum absolute atomic E-state index is 12.6. The lowest BCUT2D eigenvalue weighted by atomic mass is 9.87. The van der Waals surface area contributed by atoms with Crippen LogP contribution in [0.1, 0.15) is 54.1 Å². The Labute approximate surface area is 110 Å². The van der Waals surface area contributed by atoms with Crippen molar-refractivity contribution < 1.29 is 4.79 Å². The lowest BCUT2D eigenvalue weighted by Crippen LogP contribution is -2.34. The molecule has 1 unspecified atom stereocenters. The van der Waals surface area contributed by atoms with Crippen LogP contribution in [0.4, 0.5) is 0 Å². The van der Waals surface area contributed by atoms with Gasteiger partial charge in [0, 0.05) is 18.0 Å². The van der Waals surface area contributed by atoms with Crippen molar-refractivity contribution in [3.63, 3.8) is 0 Å². The highest BCUT2D eigenvalue weighted by Crippen LogP contribution is 2.23. The van der Waals surface area contributed by atoms with Crippen LogP contribution in [-0.4, -0.2) is 18.9 Å². The van der Waals surface area contributed by atoms with Crippen molar-refractivity contribution in [1.29, 1.82) is 0 Å². The first kappa shape index (κ1) is 13.3. The van der Waals surface area contributed by atoms with Crippen molar-refractivity contribution in [2.24, 2.45) is 5.92 Å². The first-order chi connectivity index (χ1) is 8.59. The van der Waals surface area contributed by atoms with Crippen LogP contribution in [-0.2, 0) is 0 Å². The van der Waals surface area contributed by atoms with E-state index < -0.39 is 0 Å². The highest BCUT2D eigenvalue weighted by Gasteiger charge is 2.23. The maximum Gasteiger partial charge on any atom is 0.167 e. The standard InChI is InChI=1S/C16H23NO/c1-11(2)13-7-6-12(3)15(9-13)16(18)14-5-4-8-17-10-14/h6-7,9,11,14,17H,4-5,8,10H2,1-3H3. The van der Waals surface area contributed by atoms with E-state index in [-0.39, 0.29) is 5.92 Å². The second kappa shape index (κ2) is 5.66. The van der Waals surface area contributed by atoms with Crippen LogP contribution in [0, 0.1) is 12.8 Å². The molecule has 0 saturated carbocycles. The SMILES string of the molecule is Cc1ccc(C(C)C)cc1C(=O)C1CCCNC1. The summed E-state index contributed by atoms with van der Waals surface area (Å²) < 4.78 is 0. The number of piperidine rings is 1. The monoisotopic (exact) mass is 245 g/mol. The van der Waals surface area contributed by atoms with E-state index in [1.54, 1.807) is 0 Å². The van der Waals surface area contributed by atoms with E-state index in [9.17, 15) is 4.79 Å². The number of aryl methyl sites for hydroxylation is 1. The lowest BCUT2D eigenvalue weighted by molar-refractivity contribution is 0.0899. The molecule has 1 aromatic carbocycles. The molecule has 2 rings (SSSR count). The molecule has 0 aliphatic carbocycles. The fourth-order valence-corrected chi connectivity index (χ4v) is 2.56. The Morgan fingerprint density at radius 3 is 2.78 bits per heavy atom. The molecule has 98 valence electrons. The van der Waals surface area contributed by atoms with Gasteiger partial charge in [0.25, 0.3) is 0 Å². The van der Waals surface area contributed by atoms with Gasteiger partial charge in [-0.05, 0) is 49.4 Å². The van der Waals surface area contributed by atoms with Crippen molar-refractivity contribution in [2.45, 2.75) is 39.5 Å². The van der Waals surface area contributed by atoms with Crippen molar-refractivity contribution in [1.82, 2.24) is 5.32 Å². The number of ketones is 1. The van der Waals surface area contributed by atoms with E-state index in [0.717, 1.165) is 37.1 Å². The summed E-state index contributed by atoms with van der Waals surface area (Å²) in [4.78, 5) is 12.6. The summed E-state index contributed by atoms with van der Waals surface area (Å²) in [6, 6.07) is 6.31. The molecule has 0 spiro atoms. The summed E-state index contributed by atoms with van der Waals surface area (Å²) in [6.45, 7) is 8.26. The number of rotatable bonds is 3. The Balaban J connectivity index is 2.25. The van der Waals surface area contributed by atoms with E-state index in [0.29, 0.717) is 11.7 Å². The minimum Gasteiger partial charge on any atom is -0.316 e. The van der Waals surface area contributed by atoms with Crippen LogP contribution in [0.5, 0.6) is 0 Å². The first-order valence-corrected chi connectivity index (χ1v) is 6.95. The van der Waals surface area contributed by atoms with E-state index in [1.165, 1.54) is 5.56 Å². The molecule has 1 atom stereocenters. The summed E-state index contributed by atoms with van der Waals surface area (Å²) in [5.74, 6) is 0.962. The van der Waals surface area contributed by atoms with Crippen LogP contribution in [0.2, 0.25) is 0 Å². The van der Waals surface area contributed by atoms with Crippen LogP contribution >= 0.6 is 0 Å². The quantitative estimate of drug-likeness (QED) is 0.828. The topological polar surface area (TPSA) is 29.1 Å². The average molecular weight is 245 g/mol. The Hall–Kier alpha value is -1.15. The Morgan fingerprint density at radius 2 is 2.17 bits per heavy atom. The number of benzene rings is 1. The zero-order valence-corrected chi connectivity index (χ0v) is 11.6. The molecule has 0 amide bonds. The third-order valence-electron chi connectivity index (χ3n) is 3.86. The zero-order chi connectivity index (χ0) is 13.1. The maximum atomic E-state index is 12.6. The van der Waals surface area contributed by atoms with Gasteiger partial charge in [-0.1, -0.05) is 26.0 Å². The fourth-order valence-electron chi connectivity index (χ4n) is 2.56. The molecule has 0 bridgehead atoms. The highest BCUT2D eigenvalue weighted by atomic mass is 16.1. The molecule has 0 aromatic heterocycles. The lowest BCUT2D eigenvalue weighted by Gasteiger charge is -2.22. The number of hydrogen-bond acceptors (Lipinski definition) is 2. The number of nitrogens with one attached hydrogen (secondary N) is 1. The molecule has 2 nitrogen and oxygen atoms in total. The molecule has 2 heteroatoms. The third-order valence-corrected chi connectivity index (χ3v) is 3.86. The smallest absolute Gasteiger partial charge is 0.167 e. The molecule has 1 N–H and O–H groups in total. The van der Waals surface area contributed by atoms with Crippen molar-refractivity contribution in [3.05, 3.63) is 34.9 Å². The van der Waals surface area contributed by atoms with E-state index in [4.69, 9.17) is 0 Å². The minimum absolute atomic E-state index is 0.167. The summed E-state index contributed by atoms with van der Waals surface area (Å²) in [5.41, 5.74) is 3.29. The van der Waals surface area contributed by atoms with Gasteiger partial charge in [-0.25, -0.2) is 0 Å². The molecular formula is C16H23NO. The van der Waals surface area contributed by atoms with Crippen molar-refractivity contribution in [2.75, 3.05) is 13.1 Å². The number of Topliss-reactive ketones (excluding diaryl/α,β-unsaturated/α-hetero) is 1. The third kappa shape index (κ3) is 2.81. The first-order valence-electron chi connectivity index (χ1n) is 6.95. The molecule has 0 radical (unpaired) electrons. The van der Waals surface area contributed by atoms with Crippen LogP contribution in [0.25, 0.3) is 0 Å². The van der Waals surface area contributed by atoms with Gasteiger partial charge in [-0.3, -0.25) is 4.79 Å². The summed E-state index contributed by atoms with van der Waals surface area (Å²) in [5, 5.41) is 3.32. The van der Waals surface area contributed by atoms with Crippen molar-refractivity contribution >= 4 is 5.78 Å². The second-order valence-corrected chi connectivity index (χ2v) is 5.64. The predicted octanol–water partition coefficient (Wildman–Crippen LogP) is 3.30. The molecule has 1 aliphatic rings. The minimum atomic E-state index is 0.167. The number of hydrogen-bond donors (Lipinski definition) is 1. The van der Waals surface area contributed by atoms with Gasteiger partial charge in [0.05, 0.1) is 0 Å². The Kier molecular flexibility index (Phi) is 4.18. The normalized spacial score (nSPS) is 20.1. The summed E-state index contributed by atoms with van der Waals surface area (Å²) in [6.07, 6.45) is 2.14. The summed E-state index contributed by atoms with van der Waals surface area (Å²) >= 11 is 0. The zero-order valence-electron chi connectivity index (χ0n) is 11.6. The second-order valence-electron chi connectivity index (χ2n) is 5.64. The molecule has 1 aliphatic heterocycles. The van der Waals surface area contributed by atoms with Gasteiger partial charge in [0.1, 0.15) is 0 Å². The molecule has 1 saturated heterocycles. The van der Waals surface area contributed by atoms with E-state index in [1.807, 2.05) is 6.92 Å². The van der Waals surface area contributed by atoms with Gasteiger partial charge in [-0.2, -0.15) is 0 Å². The molecule has 18 heavy (non-hydrogen) atoms. The van der Waals surface area contributed by atoms with Gasteiger partial charge in [-0.15, -0.1) is 0 Å². The Bertz CT molecular complexity index is 431. The van der Waals surface area contributed by atoms with E-state index >= 15 is 0 Å². The largest absolute Gasteiger partial charge is 0.316 e. The van der Waals surface area contributed by atoms with Crippen LogP contribution in [0.3, 0.4) is 0 Å². The highest BCUT2D eigenvalue weighted by molar-refractivity contribution is 5.99. The molecule has 1 heterocycles. The van der Waals surface area contributed by atoms with Gasteiger partial charge < -0.3 is 5.32 Å². The van der Waals surface area contributed by atoms with Gasteiger partial charge in [0.15, 0.2) is 5.78 Å². The predicted molar refractivity (Wildman–Crippen MR) is 75.2 cm³/mol. The fraction of sp³-hybridized carbons (Fsp3) is 0.562. The molecule has 1 aromatic rings. The number of carbonyl (C=O) groups is 1. The van der Waals surface area contributed by atoms with Gasteiger partial charge >= 0.3 is 0 Å². The summed E-state index contributed by atoms with van der Waals surface area (Å²) in [7, 11) is 0. The van der Waals surface area contributed by atoms with Gasteiger partial charge in [0.2, 0.25) is 0 Å². The van der Waals surface area contributed by atoms with E-state index in [2.05, 4.69) is 37.4 Å². The average Bonchev–Trinajstić information content (AvgIpc) is 2.39. The van der Waals surface area contributed by atoms with Crippen LogP contribution in [0.15, 0.2) is 18.2 Å². The molecular weight excluding hydrogens is 222 g/mol. The van der Waals surface area contributed by atoms with Crippen LogP contribution < -0.4 is 5.32 Å². The number of carbonyl (C=O) groups excluding carboxylic acids is 1. The van der Waals surface area contributed by atoms with Crippen molar-refractivity contribution in [3.8, 4) is 0 Å². The molecule has 1 fully saturated rings.